The monoisotopic (exact) mass is 269 g/mol. The molecule has 1 fully saturated rings. The largest absolute Gasteiger partial charge is 0.342 e. The topological polar surface area (TPSA) is 51.3 Å². The van der Waals surface area contributed by atoms with Gasteiger partial charge in [-0.3, -0.25) is 4.79 Å². The van der Waals surface area contributed by atoms with Crippen LogP contribution in [0.15, 0.2) is 12.3 Å². The number of aryl methyl sites for hydroxylation is 1. The molecule has 2 rings (SSSR count). The zero-order valence-electron chi connectivity index (χ0n) is 10.7. The molecule has 2 heterocycles. The van der Waals surface area contributed by atoms with Crippen LogP contribution < -0.4 is 5.73 Å². The molecule has 0 saturated carbocycles. The van der Waals surface area contributed by atoms with E-state index in [1.165, 1.54) is 0 Å². The lowest BCUT2D eigenvalue weighted by atomic mass is 10.1. The van der Waals surface area contributed by atoms with Crippen molar-refractivity contribution in [3.63, 3.8) is 0 Å². The number of rotatable bonds is 4. The first-order valence-electron chi connectivity index (χ1n) is 6.50. The standard InChI is InChI=1S/C13H20ClN3O/c1-2-4-16-9-11(14)6-12(16)13(18)17-5-3-10(7-15)8-17/h6,9-10H,2-5,7-8,15H2,1H3. The second-order valence-corrected chi connectivity index (χ2v) is 5.31. The Morgan fingerprint density at radius 3 is 3.00 bits per heavy atom. The van der Waals surface area contributed by atoms with E-state index >= 15 is 0 Å². The Morgan fingerprint density at radius 1 is 1.61 bits per heavy atom. The van der Waals surface area contributed by atoms with Gasteiger partial charge in [0.2, 0.25) is 0 Å². The molecule has 0 radical (unpaired) electrons. The van der Waals surface area contributed by atoms with Gasteiger partial charge in [-0.15, -0.1) is 0 Å². The maximum atomic E-state index is 12.4. The number of hydrogen-bond acceptors (Lipinski definition) is 2. The Morgan fingerprint density at radius 2 is 2.39 bits per heavy atom. The Balaban J connectivity index is 2.13. The van der Waals surface area contributed by atoms with Crippen molar-refractivity contribution in [2.24, 2.45) is 11.7 Å². The summed E-state index contributed by atoms with van der Waals surface area (Å²) in [5.74, 6) is 0.519. The number of hydrogen-bond donors (Lipinski definition) is 1. The first kappa shape index (κ1) is 13.4. The van der Waals surface area contributed by atoms with Gasteiger partial charge in [0.05, 0.1) is 5.02 Å². The van der Waals surface area contributed by atoms with Gasteiger partial charge in [0.1, 0.15) is 5.69 Å². The molecule has 1 aromatic rings. The fraction of sp³-hybridized carbons (Fsp3) is 0.615. The van der Waals surface area contributed by atoms with Crippen LogP contribution in [0.4, 0.5) is 0 Å². The van der Waals surface area contributed by atoms with Crippen LogP contribution in [-0.4, -0.2) is 35.0 Å². The number of likely N-dealkylation sites (tertiary alicyclic amines) is 1. The van der Waals surface area contributed by atoms with E-state index in [0.29, 0.717) is 23.2 Å². The smallest absolute Gasteiger partial charge is 0.270 e. The summed E-state index contributed by atoms with van der Waals surface area (Å²) in [7, 11) is 0. The first-order chi connectivity index (χ1) is 8.65. The van der Waals surface area contributed by atoms with Crippen LogP contribution in [0.1, 0.15) is 30.3 Å². The van der Waals surface area contributed by atoms with E-state index in [4.69, 9.17) is 17.3 Å². The van der Waals surface area contributed by atoms with E-state index < -0.39 is 0 Å². The highest BCUT2D eigenvalue weighted by molar-refractivity contribution is 6.31. The summed E-state index contributed by atoms with van der Waals surface area (Å²) in [5.41, 5.74) is 6.35. The van der Waals surface area contributed by atoms with Crippen LogP contribution in [0, 0.1) is 5.92 Å². The van der Waals surface area contributed by atoms with E-state index in [2.05, 4.69) is 6.92 Å². The summed E-state index contributed by atoms with van der Waals surface area (Å²) in [6.07, 6.45) is 3.82. The molecule has 1 aliphatic rings. The Kier molecular flexibility index (Phi) is 4.30. The Labute approximate surface area is 113 Å². The molecule has 100 valence electrons. The molecule has 0 spiro atoms. The first-order valence-corrected chi connectivity index (χ1v) is 6.88. The average Bonchev–Trinajstić information content (AvgIpc) is 2.95. The van der Waals surface area contributed by atoms with E-state index in [1.807, 2.05) is 15.7 Å². The van der Waals surface area contributed by atoms with Crippen LogP contribution in [-0.2, 0) is 6.54 Å². The lowest BCUT2D eigenvalue weighted by Gasteiger charge is -2.17. The van der Waals surface area contributed by atoms with Gasteiger partial charge < -0.3 is 15.2 Å². The summed E-state index contributed by atoms with van der Waals surface area (Å²) < 4.78 is 1.94. The lowest BCUT2D eigenvalue weighted by molar-refractivity contribution is 0.0777. The fourth-order valence-corrected chi connectivity index (χ4v) is 2.67. The normalized spacial score (nSPS) is 19.5. The van der Waals surface area contributed by atoms with Gasteiger partial charge in [0.25, 0.3) is 5.91 Å². The zero-order valence-corrected chi connectivity index (χ0v) is 11.5. The van der Waals surface area contributed by atoms with Crippen molar-refractivity contribution in [1.82, 2.24) is 9.47 Å². The lowest BCUT2D eigenvalue weighted by Crippen LogP contribution is -2.31. The van der Waals surface area contributed by atoms with Gasteiger partial charge in [-0.2, -0.15) is 0 Å². The molecule has 1 aromatic heterocycles. The molecule has 2 N–H and O–H groups in total. The van der Waals surface area contributed by atoms with Crippen LogP contribution in [0.5, 0.6) is 0 Å². The number of nitrogens with zero attached hydrogens (tertiary/aromatic N) is 2. The SMILES string of the molecule is CCCn1cc(Cl)cc1C(=O)N1CCC(CN)C1. The average molecular weight is 270 g/mol. The van der Waals surface area contributed by atoms with Crippen molar-refractivity contribution < 1.29 is 4.79 Å². The Bertz CT molecular complexity index is 430. The predicted octanol–water partition coefficient (Wildman–Crippen LogP) is 1.97. The van der Waals surface area contributed by atoms with Gasteiger partial charge >= 0.3 is 0 Å². The van der Waals surface area contributed by atoms with E-state index in [9.17, 15) is 4.79 Å². The number of halogens is 1. The molecule has 1 aliphatic heterocycles. The molecule has 1 saturated heterocycles. The van der Waals surface area contributed by atoms with Gasteiger partial charge in [-0.25, -0.2) is 0 Å². The highest BCUT2D eigenvalue weighted by atomic mass is 35.5. The third-order valence-corrected chi connectivity index (χ3v) is 3.66. The molecule has 0 aromatic carbocycles. The highest BCUT2D eigenvalue weighted by Crippen LogP contribution is 2.21. The number of nitrogens with two attached hydrogens (primary N) is 1. The maximum Gasteiger partial charge on any atom is 0.270 e. The number of amides is 1. The third kappa shape index (κ3) is 2.70. The second kappa shape index (κ2) is 5.76. The van der Waals surface area contributed by atoms with E-state index in [-0.39, 0.29) is 5.91 Å². The molecular formula is C13H20ClN3O. The van der Waals surface area contributed by atoms with Crippen molar-refractivity contribution in [3.05, 3.63) is 23.0 Å². The van der Waals surface area contributed by atoms with Gasteiger partial charge in [0.15, 0.2) is 0 Å². The minimum atomic E-state index is 0.0753. The summed E-state index contributed by atoms with van der Waals surface area (Å²) in [4.78, 5) is 14.3. The van der Waals surface area contributed by atoms with Crippen molar-refractivity contribution in [3.8, 4) is 0 Å². The maximum absolute atomic E-state index is 12.4. The van der Waals surface area contributed by atoms with E-state index in [1.54, 1.807) is 6.07 Å². The number of carbonyl (C=O) groups excluding carboxylic acids is 1. The molecule has 1 amide bonds. The van der Waals surface area contributed by atoms with Crippen molar-refractivity contribution in [2.45, 2.75) is 26.3 Å². The molecule has 0 aliphatic carbocycles. The minimum Gasteiger partial charge on any atom is -0.342 e. The molecule has 18 heavy (non-hydrogen) atoms. The summed E-state index contributed by atoms with van der Waals surface area (Å²) in [6.45, 7) is 5.13. The molecule has 0 bridgehead atoms. The summed E-state index contributed by atoms with van der Waals surface area (Å²) >= 11 is 6.00. The molecule has 1 unspecified atom stereocenters. The van der Waals surface area contributed by atoms with Crippen molar-refractivity contribution in [1.29, 1.82) is 0 Å². The van der Waals surface area contributed by atoms with Gasteiger partial charge in [0, 0.05) is 25.8 Å². The molecular weight excluding hydrogens is 250 g/mol. The van der Waals surface area contributed by atoms with Gasteiger partial charge in [-0.05, 0) is 31.4 Å². The van der Waals surface area contributed by atoms with Gasteiger partial charge in [-0.1, -0.05) is 18.5 Å². The second-order valence-electron chi connectivity index (χ2n) is 4.88. The minimum absolute atomic E-state index is 0.0753. The number of aromatic nitrogens is 1. The summed E-state index contributed by atoms with van der Waals surface area (Å²) in [6, 6.07) is 1.76. The van der Waals surface area contributed by atoms with Crippen LogP contribution in [0.25, 0.3) is 0 Å². The summed E-state index contributed by atoms with van der Waals surface area (Å²) in [5, 5.41) is 0.626. The number of carbonyl (C=O) groups is 1. The zero-order chi connectivity index (χ0) is 13.1. The predicted molar refractivity (Wildman–Crippen MR) is 72.8 cm³/mol. The van der Waals surface area contributed by atoms with Crippen LogP contribution in [0.3, 0.4) is 0 Å². The third-order valence-electron chi connectivity index (χ3n) is 3.45. The molecule has 4 nitrogen and oxygen atoms in total. The van der Waals surface area contributed by atoms with Crippen molar-refractivity contribution in [2.75, 3.05) is 19.6 Å². The van der Waals surface area contributed by atoms with E-state index in [0.717, 1.165) is 32.5 Å². The van der Waals surface area contributed by atoms with Crippen LogP contribution >= 0.6 is 11.6 Å². The Hall–Kier alpha value is -1.00. The molecule has 1 atom stereocenters. The van der Waals surface area contributed by atoms with Crippen molar-refractivity contribution >= 4 is 17.5 Å². The van der Waals surface area contributed by atoms with Crippen LogP contribution in [0.2, 0.25) is 5.02 Å². The fourth-order valence-electron chi connectivity index (χ4n) is 2.45. The highest BCUT2D eigenvalue weighted by Gasteiger charge is 2.27. The quantitative estimate of drug-likeness (QED) is 0.909. The molecule has 5 heteroatoms.